The van der Waals surface area contributed by atoms with Crippen LogP contribution < -0.4 is 10.5 Å². The summed E-state index contributed by atoms with van der Waals surface area (Å²) in [7, 11) is 0. The molecule has 108 valence electrons. The van der Waals surface area contributed by atoms with Crippen LogP contribution in [-0.4, -0.2) is 33.1 Å². The van der Waals surface area contributed by atoms with E-state index >= 15 is 0 Å². The van der Waals surface area contributed by atoms with E-state index in [-0.39, 0.29) is 29.5 Å². The predicted octanol–water partition coefficient (Wildman–Crippen LogP) is 1.34. The molecule has 1 aromatic heterocycles. The van der Waals surface area contributed by atoms with Gasteiger partial charge in [-0.15, -0.1) is 0 Å². The van der Waals surface area contributed by atoms with Crippen molar-refractivity contribution in [3.05, 3.63) is 22.2 Å². The Kier molecular flexibility index (Phi) is 3.03. The molecule has 6 heteroatoms. The topological polar surface area (TPSA) is 86.3 Å². The number of nitrogens with zero attached hydrogens (tertiary/aromatic N) is 2. The second-order valence-electron chi connectivity index (χ2n) is 6.03. The van der Waals surface area contributed by atoms with Gasteiger partial charge in [0.2, 0.25) is 0 Å². The fourth-order valence-corrected chi connectivity index (χ4v) is 3.48. The van der Waals surface area contributed by atoms with Gasteiger partial charge < -0.3 is 15.0 Å². The van der Waals surface area contributed by atoms with E-state index in [2.05, 4.69) is 14.9 Å². The van der Waals surface area contributed by atoms with E-state index in [1.54, 1.807) is 0 Å². The van der Waals surface area contributed by atoms with E-state index in [1.807, 2.05) is 13.8 Å². The molecule has 2 aliphatic rings. The molecule has 2 saturated heterocycles. The number of nitrogens with one attached hydrogen (secondary N) is 1. The van der Waals surface area contributed by atoms with Crippen LogP contribution in [0.1, 0.15) is 44.9 Å². The Labute approximate surface area is 116 Å². The van der Waals surface area contributed by atoms with Gasteiger partial charge in [-0.05, 0) is 19.3 Å². The number of aromatic amines is 1. The van der Waals surface area contributed by atoms with Gasteiger partial charge in [0.1, 0.15) is 11.6 Å². The highest BCUT2D eigenvalue weighted by Gasteiger charge is 2.49. The van der Waals surface area contributed by atoms with Gasteiger partial charge in [-0.3, -0.25) is 9.59 Å². The Morgan fingerprint density at radius 1 is 1.50 bits per heavy atom. The third-order valence-electron chi connectivity index (χ3n) is 4.41. The minimum atomic E-state index is -0.740. The quantitative estimate of drug-likeness (QED) is 0.870. The SMILES string of the molecule is CC(C)c1nc(N2C3CCC2C(C(=O)O)C3)cc(=O)[nH]1. The first-order chi connectivity index (χ1) is 9.47. The molecule has 0 aromatic carbocycles. The molecular formula is C14H19N3O3. The van der Waals surface area contributed by atoms with Crippen LogP contribution in [0.2, 0.25) is 0 Å². The Balaban J connectivity index is 1.98. The van der Waals surface area contributed by atoms with Crippen molar-refractivity contribution in [1.29, 1.82) is 0 Å². The number of aliphatic carboxylic acids is 1. The Morgan fingerprint density at radius 2 is 2.25 bits per heavy atom. The summed E-state index contributed by atoms with van der Waals surface area (Å²) in [6.07, 6.45) is 2.51. The second kappa shape index (κ2) is 4.61. The molecule has 0 saturated carbocycles. The molecule has 3 rings (SSSR count). The number of fused-ring (bicyclic) bond motifs is 2. The van der Waals surface area contributed by atoms with Crippen molar-refractivity contribution in [1.82, 2.24) is 9.97 Å². The van der Waals surface area contributed by atoms with Crippen LogP contribution in [0.15, 0.2) is 10.9 Å². The lowest BCUT2D eigenvalue weighted by atomic mass is 9.89. The molecule has 6 nitrogen and oxygen atoms in total. The number of carboxylic acids is 1. The predicted molar refractivity (Wildman–Crippen MR) is 74.0 cm³/mol. The van der Waals surface area contributed by atoms with Gasteiger partial charge in [0.05, 0.1) is 5.92 Å². The molecule has 1 aromatic rings. The lowest BCUT2D eigenvalue weighted by Crippen LogP contribution is -2.34. The number of carbonyl (C=O) groups is 1. The maximum Gasteiger partial charge on any atom is 0.308 e. The number of rotatable bonds is 3. The largest absolute Gasteiger partial charge is 0.481 e. The van der Waals surface area contributed by atoms with Crippen molar-refractivity contribution < 1.29 is 9.90 Å². The van der Waals surface area contributed by atoms with Crippen LogP contribution in [0, 0.1) is 5.92 Å². The Morgan fingerprint density at radius 3 is 2.85 bits per heavy atom. The molecule has 3 heterocycles. The molecule has 0 radical (unpaired) electrons. The van der Waals surface area contributed by atoms with Crippen molar-refractivity contribution >= 4 is 11.8 Å². The molecule has 2 fully saturated rings. The van der Waals surface area contributed by atoms with E-state index in [9.17, 15) is 14.7 Å². The van der Waals surface area contributed by atoms with Gasteiger partial charge in [-0.2, -0.15) is 0 Å². The average Bonchev–Trinajstić information content (AvgIpc) is 2.95. The van der Waals surface area contributed by atoms with Gasteiger partial charge in [-0.1, -0.05) is 13.8 Å². The summed E-state index contributed by atoms with van der Waals surface area (Å²) in [4.78, 5) is 32.4. The van der Waals surface area contributed by atoms with Gasteiger partial charge in [0.15, 0.2) is 0 Å². The van der Waals surface area contributed by atoms with Crippen molar-refractivity contribution in [3.63, 3.8) is 0 Å². The highest BCUT2D eigenvalue weighted by atomic mass is 16.4. The maximum atomic E-state index is 11.8. The fourth-order valence-electron chi connectivity index (χ4n) is 3.48. The van der Waals surface area contributed by atoms with E-state index < -0.39 is 5.97 Å². The van der Waals surface area contributed by atoms with E-state index in [0.717, 1.165) is 12.8 Å². The lowest BCUT2D eigenvalue weighted by molar-refractivity contribution is -0.142. The van der Waals surface area contributed by atoms with Crippen molar-refractivity contribution in [2.24, 2.45) is 5.92 Å². The molecule has 0 aliphatic carbocycles. The van der Waals surface area contributed by atoms with Crippen molar-refractivity contribution in [2.45, 2.75) is 51.1 Å². The first-order valence-corrected chi connectivity index (χ1v) is 7.09. The Bertz CT molecular complexity index is 596. The second-order valence-corrected chi connectivity index (χ2v) is 6.03. The summed E-state index contributed by atoms with van der Waals surface area (Å²) in [6, 6.07) is 1.67. The molecule has 0 amide bonds. The van der Waals surface area contributed by atoms with Gasteiger partial charge in [0, 0.05) is 24.1 Å². The zero-order chi connectivity index (χ0) is 14.4. The number of hydrogen-bond acceptors (Lipinski definition) is 4. The van der Waals surface area contributed by atoms with Gasteiger partial charge in [-0.25, -0.2) is 4.98 Å². The van der Waals surface area contributed by atoms with Crippen LogP contribution in [0.5, 0.6) is 0 Å². The number of H-pyrrole nitrogens is 1. The van der Waals surface area contributed by atoms with Crippen molar-refractivity contribution in [3.8, 4) is 0 Å². The monoisotopic (exact) mass is 277 g/mol. The zero-order valence-electron chi connectivity index (χ0n) is 11.7. The molecule has 20 heavy (non-hydrogen) atoms. The fraction of sp³-hybridized carbons (Fsp3) is 0.643. The van der Waals surface area contributed by atoms with Gasteiger partial charge in [0.25, 0.3) is 5.56 Å². The summed E-state index contributed by atoms with van der Waals surface area (Å²) in [6.45, 7) is 3.95. The minimum absolute atomic E-state index is 0.0215. The molecule has 2 bridgehead atoms. The zero-order valence-corrected chi connectivity index (χ0v) is 11.7. The first-order valence-electron chi connectivity index (χ1n) is 7.09. The van der Waals surface area contributed by atoms with Crippen LogP contribution in [0.4, 0.5) is 5.82 Å². The molecule has 2 aliphatic heterocycles. The van der Waals surface area contributed by atoms with Crippen LogP contribution in [0.3, 0.4) is 0 Å². The number of anilines is 1. The number of carboxylic acid groups (broad SMARTS) is 1. The molecule has 3 atom stereocenters. The standard InChI is InChI=1S/C14H19N3O3/c1-7(2)13-15-11(6-12(18)16-13)17-8-3-4-10(17)9(5-8)14(19)20/h6-10H,3-5H2,1-2H3,(H,19,20)(H,15,16,18). The van der Waals surface area contributed by atoms with E-state index in [0.29, 0.717) is 18.1 Å². The highest BCUT2D eigenvalue weighted by Crippen LogP contribution is 2.43. The lowest BCUT2D eigenvalue weighted by Gasteiger charge is -2.24. The number of aromatic nitrogens is 2. The molecule has 2 N–H and O–H groups in total. The van der Waals surface area contributed by atoms with Gasteiger partial charge >= 0.3 is 5.97 Å². The summed E-state index contributed by atoms with van der Waals surface area (Å²) in [5.41, 5.74) is -0.170. The third-order valence-corrected chi connectivity index (χ3v) is 4.41. The molecular weight excluding hydrogens is 258 g/mol. The molecule has 3 unspecified atom stereocenters. The van der Waals surface area contributed by atoms with Crippen LogP contribution in [-0.2, 0) is 4.79 Å². The highest BCUT2D eigenvalue weighted by molar-refractivity contribution is 5.73. The average molecular weight is 277 g/mol. The smallest absolute Gasteiger partial charge is 0.308 e. The number of hydrogen-bond donors (Lipinski definition) is 2. The van der Waals surface area contributed by atoms with Crippen LogP contribution in [0.25, 0.3) is 0 Å². The normalized spacial score (nSPS) is 28.4. The summed E-state index contributed by atoms with van der Waals surface area (Å²) >= 11 is 0. The first kappa shape index (κ1) is 13.1. The van der Waals surface area contributed by atoms with E-state index in [4.69, 9.17) is 0 Å². The Hall–Kier alpha value is -1.85. The summed E-state index contributed by atoms with van der Waals surface area (Å²) in [5.74, 6) is 0.353. The molecule has 0 spiro atoms. The summed E-state index contributed by atoms with van der Waals surface area (Å²) in [5, 5.41) is 9.28. The van der Waals surface area contributed by atoms with Crippen LogP contribution >= 0.6 is 0 Å². The summed E-state index contributed by atoms with van der Waals surface area (Å²) < 4.78 is 0. The van der Waals surface area contributed by atoms with Crippen molar-refractivity contribution in [2.75, 3.05) is 4.90 Å². The third kappa shape index (κ3) is 1.99. The van der Waals surface area contributed by atoms with E-state index in [1.165, 1.54) is 6.07 Å². The minimum Gasteiger partial charge on any atom is -0.481 e. The maximum absolute atomic E-state index is 11.8.